The second-order valence-electron chi connectivity index (χ2n) is 0.902. The maximum absolute atomic E-state index is 10.1. The van der Waals surface area contributed by atoms with Gasteiger partial charge in [-0.15, -0.1) is 0 Å². The molecule has 0 spiro atoms. The van der Waals surface area contributed by atoms with Gasteiger partial charge in [-0.05, 0) is 0 Å². The van der Waals surface area contributed by atoms with Gasteiger partial charge >= 0.3 is 50.4 Å². The van der Waals surface area contributed by atoms with Crippen LogP contribution in [0.5, 0.6) is 0 Å². The molecule has 0 aliphatic rings. The van der Waals surface area contributed by atoms with Gasteiger partial charge in [0.2, 0.25) is 0 Å². The van der Waals surface area contributed by atoms with E-state index in [1.807, 2.05) is 6.92 Å². The maximum atomic E-state index is 10.1. The van der Waals surface area contributed by atoms with Crippen LogP contribution in [0, 0.1) is 0 Å². The van der Waals surface area contributed by atoms with Crippen molar-refractivity contribution in [3.63, 3.8) is 0 Å². The molecule has 0 saturated heterocycles. The molecule has 0 aromatic rings. The summed E-state index contributed by atoms with van der Waals surface area (Å²) in [5, 5.41) is 0. The fourth-order valence-electron chi connectivity index (χ4n) is 0.0884. The molecule has 1 N–H and O–H groups in total. The molecule has 0 aliphatic carbocycles. The summed E-state index contributed by atoms with van der Waals surface area (Å²) in [6.45, 7) is 1.83. The molecule has 0 rings (SSSR count). The standard InChI is InChI=1S/C3H7NO.Sn/c1-2-3(4)5;/h2H2,1H3,(H2,4,5);/q;+1/p-1. The Morgan fingerprint density at radius 3 is 2.50 bits per heavy atom. The Bertz CT molecular complexity index is 48.8. The normalized spacial score (nSPS) is 7.67. The molecule has 0 unspecified atom stereocenters. The minimum atomic E-state index is 0.133. The van der Waals surface area contributed by atoms with Gasteiger partial charge in [0.15, 0.2) is 0 Å². The fraction of sp³-hybridized carbons (Fsp3) is 0.667. The topological polar surface area (TPSA) is 29.1 Å². The molecule has 2 nitrogen and oxygen atoms in total. The molecule has 0 aromatic heterocycles. The van der Waals surface area contributed by atoms with E-state index in [2.05, 4.69) is 3.54 Å². The molecule has 0 heterocycles. The van der Waals surface area contributed by atoms with E-state index in [0.29, 0.717) is 6.42 Å². The summed E-state index contributed by atoms with van der Waals surface area (Å²) in [5.41, 5.74) is 0. The molecule has 1 amide bonds. The van der Waals surface area contributed by atoms with E-state index in [1.165, 1.54) is 0 Å². The van der Waals surface area contributed by atoms with Gasteiger partial charge in [0.25, 0.3) is 0 Å². The predicted octanol–water partition coefficient (Wildman–Crippen LogP) is -0.404. The Hall–Kier alpha value is 0.269. The van der Waals surface area contributed by atoms with Crippen LogP contribution in [0.2, 0.25) is 0 Å². The molecule has 0 aromatic carbocycles. The zero-order valence-corrected chi connectivity index (χ0v) is 6.47. The Labute approximate surface area is 50.7 Å². The predicted molar refractivity (Wildman–Crippen MR) is 24.2 cm³/mol. The first kappa shape index (κ1) is 6.27. The van der Waals surface area contributed by atoms with E-state index in [0.717, 1.165) is 22.8 Å². The first-order valence-corrected chi connectivity index (χ1v) is 3.19. The van der Waals surface area contributed by atoms with Crippen LogP contribution in [0.1, 0.15) is 13.3 Å². The van der Waals surface area contributed by atoms with E-state index < -0.39 is 0 Å². The SMILES string of the molecule is CCC(=O)[NH][Sn]. The zero-order chi connectivity index (χ0) is 4.99. The van der Waals surface area contributed by atoms with Crippen LogP contribution in [0.3, 0.4) is 0 Å². The van der Waals surface area contributed by atoms with Crippen molar-refractivity contribution < 1.29 is 4.79 Å². The Morgan fingerprint density at radius 1 is 2.00 bits per heavy atom. The quantitative estimate of drug-likeness (QED) is 0.561. The van der Waals surface area contributed by atoms with Crippen molar-refractivity contribution in [2.45, 2.75) is 13.3 Å². The molecule has 0 fully saturated rings. The monoisotopic (exact) mass is 192 g/mol. The summed E-state index contributed by atoms with van der Waals surface area (Å²) in [6, 6.07) is 0. The molecule has 6 heavy (non-hydrogen) atoms. The number of hydrogen-bond donors (Lipinski definition) is 1. The second-order valence-corrected chi connectivity index (χ2v) is 1.62. The van der Waals surface area contributed by atoms with Gasteiger partial charge in [0.1, 0.15) is 0 Å². The molecule has 0 aliphatic heterocycles. The van der Waals surface area contributed by atoms with Crippen molar-refractivity contribution in [2.24, 2.45) is 0 Å². The van der Waals surface area contributed by atoms with Gasteiger partial charge in [0.05, 0.1) is 0 Å². The number of nitrogens with one attached hydrogen (secondary N) is 1. The molecule has 0 atom stereocenters. The molecular weight excluding hydrogens is 185 g/mol. The van der Waals surface area contributed by atoms with Crippen molar-refractivity contribution in [3.8, 4) is 0 Å². The number of hydrogen-bond acceptors (Lipinski definition) is 1. The summed E-state index contributed by atoms with van der Waals surface area (Å²) < 4.78 is 2.57. The molecule has 0 saturated carbocycles. The Kier molecular flexibility index (Phi) is 3.61. The van der Waals surface area contributed by atoms with Gasteiger partial charge in [-0.1, -0.05) is 0 Å². The molecule has 3 heteroatoms. The van der Waals surface area contributed by atoms with Crippen molar-refractivity contribution in [1.82, 2.24) is 3.54 Å². The Morgan fingerprint density at radius 2 is 2.50 bits per heavy atom. The van der Waals surface area contributed by atoms with Gasteiger partial charge in [0, 0.05) is 0 Å². The van der Waals surface area contributed by atoms with Crippen LogP contribution < -0.4 is 3.54 Å². The van der Waals surface area contributed by atoms with Crippen LogP contribution in [-0.4, -0.2) is 28.7 Å². The molecule has 3 radical (unpaired) electrons. The minimum absolute atomic E-state index is 0.133. The van der Waals surface area contributed by atoms with Crippen molar-refractivity contribution in [2.75, 3.05) is 0 Å². The van der Waals surface area contributed by atoms with Gasteiger partial charge < -0.3 is 0 Å². The van der Waals surface area contributed by atoms with E-state index in [4.69, 9.17) is 0 Å². The number of carbonyl (C=O) groups is 1. The van der Waals surface area contributed by atoms with Crippen LogP contribution in [0.4, 0.5) is 0 Å². The van der Waals surface area contributed by atoms with Crippen LogP contribution in [0.25, 0.3) is 0 Å². The van der Waals surface area contributed by atoms with Crippen LogP contribution in [0.15, 0.2) is 0 Å². The third kappa shape index (κ3) is 2.50. The third-order valence-electron chi connectivity index (χ3n) is 0.461. The van der Waals surface area contributed by atoms with E-state index in [-0.39, 0.29) is 5.91 Å². The molecule has 33 valence electrons. The summed E-state index contributed by atoms with van der Waals surface area (Å²) in [5.74, 6) is 0.133. The van der Waals surface area contributed by atoms with Crippen molar-refractivity contribution >= 4 is 28.7 Å². The summed E-state index contributed by atoms with van der Waals surface area (Å²) in [7, 11) is 0. The zero-order valence-electron chi connectivity index (χ0n) is 3.62. The second kappa shape index (κ2) is 3.46. The molecular formula is C3H6NOSn. The third-order valence-corrected chi connectivity index (χ3v) is 1.26. The van der Waals surface area contributed by atoms with Gasteiger partial charge in [-0.3, -0.25) is 0 Å². The van der Waals surface area contributed by atoms with Crippen molar-refractivity contribution in [3.05, 3.63) is 0 Å². The molecule has 0 bridgehead atoms. The van der Waals surface area contributed by atoms with Gasteiger partial charge in [-0.25, -0.2) is 0 Å². The summed E-state index contributed by atoms with van der Waals surface area (Å²) in [6.07, 6.45) is 0.602. The van der Waals surface area contributed by atoms with Crippen LogP contribution in [-0.2, 0) is 4.79 Å². The first-order valence-electron chi connectivity index (χ1n) is 1.76. The summed E-state index contributed by atoms with van der Waals surface area (Å²) in [4.78, 5) is 10.1. The number of rotatable bonds is 1. The van der Waals surface area contributed by atoms with Gasteiger partial charge in [-0.2, -0.15) is 0 Å². The average molecular weight is 191 g/mol. The van der Waals surface area contributed by atoms with Crippen molar-refractivity contribution in [1.29, 1.82) is 0 Å². The fourth-order valence-corrected chi connectivity index (χ4v) is 0.593. The Balaban J connectivity index is 2.99. The first-order chi connectivity index (χ1) is 2.81. The number of amides is 1. The average Bonchev–Trinajstić information content (AvgIpc) is 1.65. The summed E-state index contributed by atoms with van der Waals surface area (Å²) >= 11 is 1.08. The van der Waals surface area contributed by atoms with E-state index in [9.17, 15) is 4.79 Å². The van der Waals surface area contributed by atoms with E-state index >= 15 is 0 Å². The number of carbonyl (C=O) groups excluding carboxylic acids is 1. The van der Waals surface area contributed by atoms with E-state index in [1.54, 1.807) is 0 Å². The van der Waals surface area contributed by atoms with Crippen LogP contribution >= 0.6 is 0 Å².